The Morgan fingerprint density at radius 3 is 2.67 bits per heavy atom. The lowest BCUT2D eigenvalue weighted by Crippen LogP contribution is -2.40. The Kier molecular flexibility index (Phi) is 6.28. The highest BCUT2D eigenvalue weighted by atomic mass is 16.5. The van der Waals surface area contributed by atoms with Gasteiger partial charge in [-0.15, -0.1) is 0 Å². The maximum absolute atomic E-state index is 11.9. The zero-order chi connectivity index (χ0) is 19.2. The van der Waals surface area contributed by atoms with Gasteiger partial charge in [-0.1, -0.05) is 5.16 Å². The van der Waals surface area contributed by atoms with E-state index in [2.05, 4.69) is 20.4 Å². The van der Waals surface area contributed by atoms with Crippen LogP contribution in [0, 0.1) is 5.92 Å². The number of nitrogens with zero attached hydrogens (tertiary/aromatic N) is 3. The topological polar surface area (TPSA) is 89.7 Å². The lowest BCUT2D eigenvalue weighted by Gasteiger charge is -2.30. The van der Waals surface area contributed by atoms with E-state index in [9.17, 15) is 4.79 Å². The molecule has 1 fully saturated rings. The van der Waals surface area contributed by atoms with Crippen LogP contribution < -0.4 is 14.8 Å². The van der Waals surface area contributed by atoms with Gasteiger partial charge in [-0.2, -0.15) is 4.98 Å². The van der Waals surface area contributed by atoms with Crippen LogP contribution in [0.2, 0.25) is 0 Å². The first-order valence-corrected chi connectivity index (χ1v) is 9.19. The second-order valence-electron chi connectivity index (χ2n) is 6.53. The van der Waals surface area contributed by atoms with Crippen LogP contribution in [0.25, 0.3) is 11.4 Å². The van der Waals surface area contributed by atoms with Gasteiger partial charge in [0, 0.05) is 18.0 Å². The number of carbonyl (C=O) groups is 1. The van der Waals surface area contributed by atoms with Crippen molar-refractivity contribution in [3.05, 3.63) is 24.1 Å². The number of hydrogen-bond donors (Lipinski definition) is 1. The van der Waals surface area contributed by atoms with Crippen molar-refractivity contribution in [1.29, 1.82) is 0 Å². The Hall–Kier alpha value is -2.61. The van der Waals surface area contributed by atoms with E-state index in [4.69, 9.17) is 14.0 Å². The lowest BCUT2D eigenvalue weighted by molar-refractivity contribution is -0.126. The maximum atomic E-state index is 11.9. The number of nitrogens with one attached hydrogen (secondary N) is 1. The van der Waals surface area contributed by atoms with Crippen LogP contribution in [0.15, 0.2) is 22.7 Å². The van der Waals surface area contributed by atoms with Crippen molar-refractivity contribution in [2.24, 2.45) is 5.92 Å². The van der Waals surface area contributed by atoms with E-state index in [1.54, 1.807) is 14.2 Å². The molecule has 2 aromatic rings. The summed E-state index contributed by atoms with van der Waals surface area (Å²) in [5.41, 5.74) is 0.803. The van der Waals surface area contributed by atoms with Gasteiger partial charge in [-0.3, -0.25) is 9.69 Å². The molecule has 1 aromatic heterocycles. The van der Waals surface area contributed by atoms with Gasteiger partial charge in [0.25, 0.3) is 0 Å². The van der Waals surface area contributed by atoms with Crippen molar-refractivity contribution in [2.45, 2.75) is 26.3 Å². The molecular formula is C19H26N4O4. The number of methoxy groups -OCH3 is 2. The highest BCUT2D eigenvalue weighted by molar-refractivity contribution is 5.78. The number of aromatic nitrogens is 2. The minimum Gasteiger partial charge on any atom is -0.493 e. The van der Waals surface area contributed by atoms with E-state index in [-0.39, 0.29) is 11.8 Å². The van der Waals surface area contributed by atoms with Gasteiger partial charge in [0.05, 0.1) is 20.8 Å². The van der Waals surface area contributed by atoms with E-state index < -0.39 is 0 Å². The second kappa shape index (κ2) is 8.85. The van der Waals surface area contributed by atoms with Crippen LogP contribution in [0.5, 0.6) is 11.5 Å². The molecule has 0 unspecified atom stereocenters. The Balaban J connectivity index is 1.60. The van der Waals surface area contributed by atoms with Crippen molar-refractivity contribution in [2.75, 3.05) is 33.9 Å². The molecule has 2 heterocycles. The van der Waals surface area contributed by atoms with Crippen molar-refractivity contribution in [1.82, 2.24) is 20.4 Å². The summed E-state index contributed by atoms with van der Waals surface area (Å²) in [6.45, 7) is 4.90. The van der Waals surface area contributed by atoms with Gasteiger partial charge in [-0.25, -0.2) is 0 Å². The van der Waals surface area contributed by atoms with Crippen LogP contribution in [-0.2, 0) is 11.3 Å². The number of ether oxygens (including phenoxy) is 2. The number of benzene rings is 1. The molecule has 146 valence electrons. The highest BCUT2D eigenvalue weighted by Crippen LogP contribution is 2.31. The predicted octanol–water partition coefficient (Wildman–Crippen LogP) is 2.10. The first kappa shape index (κ1) is 19.2. The minimum absolute atomic E-state index is 0.103. The van der Waals surface area contributed by atoms with Gasteiger partial charge in [-0.05, 0) is 51.1 Å². The number of hydrogen-bond acceptors (Lipinski definition) is 7. The fourth-order valence-electron chi connectivity index (χ4n) is 3.27. The van der Waals surface area contributed by atoms with Crippen LogP contribution in [0.3, 0.4) is 0 Å². The van der Waals surface area contributed by atoms with Crippen LogP contribution in [0.1, 0.15) is 25.7 Å². The van der Waals surface area contributed by atoms with Crippen LogP contribution in [0.4, 0.5) is 0 Å². The summed E-state index contributed by atoms with van der Waals surface area (Å²) in [4.78, 5) is 18.7. The summed E-state index contributed by atoms with van der Waals surface area (Å²) in [6.07, 6.45) is 1.70. The first-order chi connectivity index (χ1) is 13.1. The molecule has 0 spiro atoms. The summed E-state index contributed by atoms with van der Waals surface area (Å²) in [7, 11) is 3.19. The molecule has 0 radical (unpaired) electrons. The van der Waals surface area contributed by atoms with Crippen molar-refractivity contribution in [3.8, 4) is 22.9 Å². The molecule has 1 N–H and O–H groups in total. The largest absolute Gasteiger partial charge is 0.493 e. The first-order valence-electron chi connectivity index (χ1n) is 9.19. The molecule has 8 nitrogen and oxygen atoms in total. The van der Waals surface area contributed by atoms with E-state index in [0.717, 1.165) is 31.5 Å². The second-order valence-corrected chi connectivity index (χ2v) is 6.53. The molecule has 0 saturated carbocycles. The molecule has 27 heavy (non-hydrogen) atoms. The van der Waals surface area contributed by atoms with Gasteiger partial charge in [0.1, 0.15) is 0 Å². The van der Waals surface area contributed by atoms with Crippen LogP contribution in [-0.4, -0.2) is 54.8 Å². The summed E-state index contributed by atoms with van der Waals surface area (Å²) in [5.74, 6) is 2.62. The molecule has 0 bridgehead atoms. The summed E-state index contributed by atoms with van der Waals surface area (Å²) in [6, 6.07) is 5.51. The third-order valence-corrected chi connectivity index (χ3v) is 4.78. The Morgan fingerprint density at radius 2 is 2.00 bits per heavy atom. The van der Waals surface area contributed by atoms with E-state index in [1.807, 2.05) is 25.1 Å². The number of likely N-dealkylation sites (tertiary alicyclic amines) is 1. The summed E-state index contributed by atoms with van der Waals surface area (Å²) < 4.78 is 16.0. The fourth-order valence-corrected chi connectivity index (χ4v) is 3.27. The molecule has 1 aliphatic heterocycles. The maximum Gasteiger partial charge on any atom is 0.241 e. The van der Waals surface area contributed by atoms with Gasteiger partial charge in [0.2, 0.25) is 17.6 Å². The quantitative estimate of drug-likeness (QED) is 0.794. The molecule has 0 atom stereocenters. The average Bonchev–Trinajstić information content (AvgIpc) is 3.16. The third-order valence-electron chi connectivity index (χ3n) is 4.78. The molecule has 8 heteroatoms. The van der Waals surface area contributed by atoms with Gasteiger partial charge in [0.15, 0.2) is 11.5 Å². The summed E-state index contributed by atoms with van der Waals surface area (Å²) in [5, 5.41) is 6.98. The summed E-state index contributed by atoms with van der Waals surface area (Å²) >= 11 is 0. The molecule has 1 aliphatic rings. The Bertz CT molecular complexity index is 769. The SMILES string of the molecule is CCNC(=O)C1CCN(Cc2nc(-c3ccc(OC)c(OC)c3)no2)CC1. The Morgan fingerprint density at radius 1 is 1.26 bits per heavy atom. The average molecular weight is 374 g/mol. The number of piperidine rings is 1. The fraction of sp³-hybridized carbons (Fsp3) is 0.526. The van der Waals surface area contributed by atoms with Crippen molar-refractivity contribution < 1.29 is 18.8 Å². The normalized spacial score (nSPS) is 15.5. The highest BCUT2D eigenvalue weighted by Gasteiger charge is 2.25. The number of amides is 1. The third kappa shape index (κ3) is 4.57. The molecule has 1 aromatic carbocycles. The molecule has 1 amide bonds. The monoisotopic (exact) mass is 374 g/mol. The molecule has 1 saturated heterocycles. The molecule has 3 rings (SSSR count). The van der Waals surface area contributed by atoms with Crippen LogP contribution >= 0.6 is 0 Å². The van der Waals surface area contributed by atoms with Gasteiger partial charge < -0.3 is 19.3 Å². The smallest absolute Gasteiger partial charge is 0.241 e. The Labute approximate surface area is 158 Å². The number of rotatable bonds is 7. The van der Waals surface area contributed by atoms with E-state index >= 15 is 0 Å². The lowest BCUT2D eigenvalue weighted by atomic mass is 9.96. The minimum atomic E-state index is 0.103. The zero-order valence-corrected chi connectivity index (χ0v) is 16.0. The van der Waals surface area contributed by atoms with E-state index in [0.29, 0.717) is 36.3 Å². The molecule has 0 aliphatic carbocycles. The standard InChI is InChI=1S/C19H26N4O4/c1-4-20-19(24)13-7-9-23(10-8-13)12-17-21-18(22-27-17)14-5-6-15(25-2)16(11-14)26-3/h5-6,11,13H,4,7-10,12H2,1-3H3,(H,20,24). The molecular weight excluding hydrogens is 348 g/mol. The van der Waals surface area contributed by atoms with Crippen molar-refractivity contribution in [3.63, 3.8) is 0 Å². The van der Waals surface area contributed by atoms with E-state index in [1.165, 1.54) is 0 Å². The van der Waals surface area contributed by atoms with Crippen molar-refractivity contribution >= 4 is 5.91 Å². The zero-order valence-electron chi connectivity index (χ0n) is 16.0. The number of carbonyl (C=O) groups excluding carboxylic acids is 1. The van der Waals surface area contributed by atoms with Gasteiger partial charge >= 0.3 is 0 Å². The predicted molar refractivity (Wildman–Crippen MR) is 99.5 cm³/mol.